The normalized spacial score (nSPS) is 22.4. The maximum absolute atomic E-state index is 5.48. The van der Waals surface area contributed by atoms with Gasteiger partial charge in [0.2, 0.25) is 0 Å². The molecule has 1 aliphatic heterocycles. The van der Waals surface area contributed by atoms with Gasteiger partial charge in [0, 0.05) is 24.7 Å². The molecule has 1 rings (SSSR count). The number of nitrogens with one attached hydrogen (secondary N) is 1. The van der Waals surface area contributed by atoms with Crippen LogP contribution in [0.1, 0.15) is 40.5 Å². The maximum Gasteiger partial charge on any atom is 0.0594 e. The smallest absolute Gasteiger partial charge is 0.0594 e. The molecule has 0 saturated carbocycles. The summed E-state index contributed by atoms with van der Waals surface area (Å²) in [5.41, 5.74) is 1.38. The number of hydrogen-bond acceptors (Lipinski definition) is 3. The largest absolute Gasteiger partial charge is 0.379 e. The molecule has 106 valence electrons. The molecule has 1 saturated heterocycles. The minimum Gasteiger partial charge on any atom is -0.379 e. The Morgan fingerprint density at radius 2 is 2.00 bits per heavy atom. The highest BCUT2D eigenvalue weighted by molar-refractivity contribution is 5.13. The van der Waals surface area contributed by atoms with Gasteiger partial charge < -0.3 is 10.1 Å². The van der Waals surface area contributed by atoms with E-state index in [4.69, 9.17) is 4.74 Å². The van der Waals surface area contributed by atoms with E-state index in [2.05, 4.69) is 44.5 Å². The molecule has 0 aliphatic carbocycles. The van der Waals surface area contributed by atoms with E-state index in [1.165, 1.54) is 5.57 Å². The van der Waals surface area contributed by atoms with Crippen molar-refractivity contribution in [1.82, 2.24) is 10.2 Å². The molecular weight excluding hydrogens is 224 g/mol. The van der Waals surface area contributed by atoms with Crippen molar-refractivity contribution in [1.29, 1.82) is 0 Å². The molecule has 1 heterocycles. The van der Waals surface area contributed by atoms with Crippen molar-refractivity contribution < 1.29 is 4.74 Å². The maximum atomic E-state index is 5.48. The second-order valence-corrected chi connectivity index (χ2v) is 5.54. The van der Waals surface area contributed by atoms with E-state index in [0.717, 1.165) is 45.7 Å². The number of morpholine rings is 1. The Morgan fingerprint density at radius 1 is 1.39 bits per heavy atom. The highest BCUT2D eigenvalue weighted by Gasteiger charge is 2.38. The van der Waals surface area contributed by atoms with Crippen LogP contribution in [0.5, 0.6) is 0 Å². The van der Waals surface area contributed by atoms with E-state index in [0.29, 0.717) is 6.04 Å². The lowest BCUT2D eigenvalue weighted by molar-refractivity contribution is -0.0274. The third kappa shape index (κ3) is 3.56. The Bertz CT molecular complexity index is 261. The van der Waals surface area contributed by atoms with Gasteiger partial charge in [-0.15, -0.1) is 0 Å². The van der Waals surface area contributed by atoms with Gasteiger partial charge in [0.05, 0.1) is 13.2 Å². The summed E-state index contributed by atoms with van der Waals surface area (Å²) >= 11 is 0. The van der Waals surface area contributed by atoms with E-state index in [9.17, 15) is 0 Å². The molecule has 0 spiro atoms. The van der Waals surface area contributed by atoms with Gasteiger partial charge in [-0.2, -0.15) is 0 Å². The van der Waals surface area contributed by atoms with Crippen molar-refractivity contribution in [2.75, 3.05) is 32.8 Å². The Hall–Kier alpha value is -0.380. The van der Waals surface area contributed by atoms with E-state index in [-0.39, 0.29) is 5.54 Å². The zero-order valence-corrected chi connectivity index (χ0v) is 12.6. The lowest BCUT2D eigenvalue weighted by Crippen LogP contribution is -2.62. The summed E-state index contributed by atoms with van der Waals surface area (Å²) < 4.78 is 5.48. The average Bonchev–Trinajstić information content (AvgIpc) is 2.39. The van der Waals surface area contributed by atoms with E-state index < -0.39 is 0 Å². The molecule has 1 fully saturated rings. The van der Waals surface area contributed by atoms with Crippen molar-refractivity contribution in [3.8, 4) is 0 Å². The Kier molecular flexibility index (Phi) is 6.33. The average molecular weight is 254 g/mol. The second kappa shape index (κ2) is 7.27. The number of ether oxygens (including phenoxy) is 1. The molecule has 1 N–H and O–H groups in total. The van der Waals surface area contributed by atoms with E-state index in [1.807, 2.05) is 0 Å². The molecule has 0 radical (unpaired) electrons. The first-order chi connectivity index (χ1) is 8.56. The van der Waals surface area contributed by atoms with Gasteiger partial charge in [-0.1, -0.05) is 26.0 Å². The predicted molar refractivity (Wildman–Crippen MR) is 78.0 cm³/mol. The minimum atomic E-state index is 0.144. The molecule has 2 unspecified atom stereocenters. The Morgan fingerprint density at radius 3 is 2.44 bits per heavy atom. The monoisotopic (exact) mass is 254 g/mol. The molecule has 3 nitrogen and oxygen atoms in total. The van der Waals surface area contributed by atoms with Gasteiger partial charge in [-0.05, 0) is 33.2 Å². The van der Waals surface area contributed by atoms with E-state index in [1.54, 1.807) is 0 Å². The molecule has 2 atom stereocenters. The number of hydrogen-bond donors (Lipinski definition) is 1. The number of rotatable bonds is 7. The molecule has 0 aromatic heterocycles. The lowest BCUT2D eigenvalue weighted by atomic mass is 9.83. The fourth-order valence-electron chi connectivity index (χ4n) is 2.90. The summed E-state index contributed by atoms with van der Waals surface area (Å²) in [6.07, 6.45) is 2.29. The highest BCUT2D eigenvalue weighted by atomic mass is 16.5. The zero-order valence-electron chi connectivity index (χ0n) is 12.6. The van der Waals surface area contributed by atoms with Crippen LogP contribution in [-0.2, 0) is 4.74 Å². The summed E-state index contributed by atoms with van der Waals surface area (Å²) in [6, 6.07) is 0.362. The topological polar surface area (TPSA) is 24.5 Å². The van der Waals surface area contributed by atoms with Crippen molar-refractivity contribution in [2.45, 2.75) is 52.1 Å². The number of nitrogens with zero attached hydrogens (tertiary/aromatic N) is 1. The van der Waals surface area contributed by atoms with Crippen LogP contribution in [0.2, 0.25) is 0 Å². The van der Waals surface area contributed by atoms with Crippen LogP contribution in [0, 0.1) is 0 Å². The van der Waals surface area contributed by atoms with Gasteiger partial charge >= 0.3 is 0 Å². The third-order valence-corrected chi connectivity index (χ3v) is 4.16. The quantitative estimate of drug-likeness (QED) is 0.706. The van der Waals surface area contributed by atoms with Gasteiger partial charge in [-0.3, -0.25) is 4.90 Å². The first-order valence-electron chi connectivity index (χ1n) is 7.27. The molecule has 1 aliphatic rings. The first kappa shape index (κ1) is 15.7. The molecule has 0 aromatic carbocycles. The first-order valence-corrected chi connectivity index (χ1v) is 7.27. The zero-order chi connectivity index (χ0) is 13.6. The molecule has 0 aromatic rings. The minimum absolute atomic E-state index is 0.144. The van der Waals surface area contributed by atoms with Crippen LogP contribution >= 0.6 is 0 Å². The fourth-order valence-corrected chi connectivity index (χ4v) is 2.90. The van der Waals surface area contributed by atoms with E-state index >= 15 is 0 Å². The molecule has 18 heavy (non-hydrogen) atoms. The fraction of sp³-hybridized carbons (Fsp3) is 0.867. The van der Waals surface area contributed by atoms with Gasteiger partial charge in [-0.25, -0.2) is 0 Å². The second-order valence-electron chi connectivity index (χ2n) is 5.54. The summed E-state index contributed by atoms with van der Waals surface area (Å²) in [5, 5.41) is 3.68. The Labute approximate surface area is 113 Å². The highest BCUT2D eigenvalue weighted by Crippen LogP contribution is 2.28. The predicted octanol–water partition coefficient (Wildman–Crippen LogP) is 2.43. The van der Waals surface area contributed by atoms with Crippen LogP contribution in [0.3, 0.4) is 0 Å². The summed E-state index contributed by atoms with van der Waals surface area (Å²) in [6.45, 7) is 18.0. The van der Waals surface area contributed by atoms with Crippen LogP contribution < -0.4 is 5.32 Å². The molecule has 0 amide bonds. The van der Waals surface area contributed by atoms with Crippen molar-refractivity contribution in [3.63, 3.8) is 0 Å². The third-order valence-electron chi connectivity index (χ3n) is 4.16. The van der Waals surface area contributed by atoms with Crippen LogP contribution in [0.4, 0.5) is 0 Å². The van der Waals surface area contributed by atoms with Gasteiger partial charge in [0.1, 0.15) is 0 Å². The van der Waals surface area contributed by atoms with Crippen LogP contribution in [0.15, 0.2) is 12.2 Å². The standard InChI is InChI=1S/C15H30N2O/c1-6-8-16-14(13(3)4)15(5,7-2)17-9-11-18-12-10-17/h14,16H,3,6-12H2,1-2,4-5H3. The van der Waals surface area contributed by atoms with Crippen molar-refractivity contribution in [2.24, 2.45) is 0 Å². The van der Waals surface area contributed by atoms with Crippen LogP contribution in [0.25, 0.3) is 0 Å². The van der Waals surface area contributed by atoms with Gasteiger partial charge in [0.25, 0.3) is 0 Å². The summed E-state index contributed by atoms with van der Waals surface area (Å²) in [5.74, 6) is 0. The van der Waals surface area contributed by atoms with Crippen LogP contribution in [-0.4, -0.2) is 49.3 Å². The Balaban J connectivity index is 2.82. The summed E-state index contributed by atoms with van der Waals surface area (Å²) in [7, 11) is 0. The van der Waals surface area contributed by atoms with Crippen molar-refractivity contribution in [3.05, 3.63) is 12.2 Å². The molecule has 3 heteroatoms. The summed E-state index contributed by atoms with van der Waals surface area (Å²) in [4.78, 5) is 2.57. The van der Waals surface area contributed by atoms with Crippen molar-refractivity contribution >= 4 is 0 Å². The molecule has 0 bridgehead atoms. The van der Waals surface area contributed by atoms with Gasteiger partial charge in [0.15, 0.2) is 0 Å². The SMILES string of the molecule is C=C(C)C(NCCC)C(C)(CC)N1CCOCC1. The molecular formula is C15H30N2O. The lowest BCUT2D eigenvalue weighted by Gasteiger charge is -2.48.